The zero-order chi connectivity index (χ0) is 15.0. The predicted molar refractivity (Wildman–Crippen MR) is 80.6 cm³/mol. The van der Waals surface area contributed by atoms with E-state index in [9.17, 15) is 8.42 Å². The van der Waals surface area contributed by atoms with Gasteiger partial charge in [-0.2, -0.15) is 4.31 Å². The number of nitrogens with zero attached hydrogens (tertiary/aromatic N) is 2. The molecule has 1 saturated heterocycles. The van der Waals surface area contributed by atoms with Gasteiger partial charge in [-0.1, -0.05) is 17.7 Å². The summed E-state index contributed by atoms with van der Waals surface area (Å²) in [5.74, 6) is 0.691. The molecule has 1 aliphatic rings. The van der Waals surface area contributed by atoms with E-state index in [2.05, 4.69) is 9.97 Å². The normalized spacial score (nSPS) is 20.0. The van der Waals surface area contributed by atoms with Gasteiger partial charge in [-0.25, -0.2) is 13.4 Å². The fourth-order valence-electron chi connectivity index (χ4n) is 2.74. The molecule has 1 unspecified atom stereocenters. The fraction of sp³-hybridized carbons (Fsp3) is 0.357. The number of H-pyrrole nitrogens is 1. The number of hydrogen-bond acceptors (Lipinski definition) is 3. The van der Waals surface area contributed by atoms with Gasteiger partial charge in [0.05, 0.1) is 10.9 Å². The van der Waals surface area contributed by atoms with Gasteiger partial charge in [0.25, 0.3) is 0 Å². The van der Waals surface area contributed by atoms with Crippen LogP contribution in [-0.2, 0) is 10.0 Å². The van der Waals surface area contributed by atoms with Crippen molar-refractivity contribution in [3.05, 3.63) is 47.0 Å². The van der Waals surface area contributed by atoms with Crippen molar-refractivity contribution in [1.29, 1.82) is 0 Å². The minimum Gasteiger partial charge on any atom is -0.347 e. The van der Waals surface area contributed by atoms with Crippen LogP contribution >= 0.6 is 11.6 Å². The lowest BCUT2D eigenvalue weighted by Crippen LogP contribution is -2.31. The van der Waals surface area contributed by atoms with Crippen LogP contribution in [0.15, 0.2) is 35.5 Å². The molecule has 1 aliphatic heterocycles. The second-order valence-corrected chi connectivity index (χ2v) is 7.45. The fourth-order valence-corrected chi connectivity index (χ4v) is 4.89. The van der Waals surface area contributed by atoms with Crippen LogP contribution in [-0.4, -0.2) is 29.2 Å². The van der Waals surface area contributed by atoms with Crippen molar-refractivity contribution >= 4 is 21.6 Å². The Hall–Kier alpha value is -1.37. The minimum atomic E-state index is -3.58. The van der Waals surface area contributed by atoms with Crippen molar-refractivity contribution in [2.75, 3.05) is 6.54 Å². The molecule has 1 atom stereocenters. The summed E-state index contributed by atoms with van der Waals surface area (Å²) in [6.45, 7) is 2.28. The van der Waals surface area contributed by atoms with Crippen LogP contribution in [0.1, 0.15) is 30.3 Å². The number of aryl methyl sites for hydroxylation is 1. The third-order valence-corrected chi connectivity index (χ3v) is 6.06. The number of imidazole rings is 1. The van der Waals surface area contributed by atoms with Gasteiger partial charge in [-0.05, 0) is 37.5 Å². The van der Waals surface area contributed by atoms with Gasteiger partial charge < -0.3 is 4.98 Å². The Labute approximate surface area is 129 Å². The van der Waals surface area contributed by atoms with Gasteiger partial charge in [-0.3, -0.25) is 0 Å². The molecule has 1 N–H and O–H groups in total. The number of rotatable bonds is 3. The van der Waals surface area contributed by atoms with Gasteiger partial charge in [-0.15, -0.1) is 0 Å². The number of benzene rings is 1. The van der Waals surface area contributed by atoms with Crippen molar-refractivity contribution in [3.63, 3.8) is 0 Å². The molecule has 1 fully saturated rings. The Kier molecular flexibility index (Phi) is 3.77. The number of hydrogen-bond donors (Lipinski definition) is 1. The van der Waals surface area contributed by atoms with E-state index < -0.39 is 10.0 Å². The lowest BCUT2D eigenvalue weighted by Gasteiger charge is -2.23. The molecule has 112 valence electrons. The lowest BCUT2D eigenvalue weighted by atomic mass is 10.2. The first-order chi connectivity index (χ1) is 10.00. The van der Waals surface area contributed by atoms with Crippen molar-refractivity contribution in [2.45, 2.75) is 30.7 Å². The minimum absolute atomic E-state index is 0.233. The molecule has 3 rings (SSSR count). The molecule has 0 radical (unpaired) electrons. The number of aromatic nitrogens is 2. The monoisotopic (exact) mass is 325 g/mol. The highest BCUT2D eigenvalue weighted by molar-refractivity contribution is 7.89. The standard InChI is InChI=1S/C14H16ClN3O2S/c1-10-4-5-11(15)9-13(10)21(19,20)18-8-2-3-12(18)14-16-6-7-17-14/h4-7,9,12H,2-3,8H2,1H3,(H,16,17). The molecule has 1 aromatic carbocycles. The second-order valence-electron chi connectivity index (χ2n) is 5.16. The highest BCUT2D eigenvalue weighted by Crippen LogP contribution is 2.36. The quantitative estimate of drug-likeness (QED) is 0.943. The van der Waals surface area contributed by atoms with Gasteiger partial charge in [0.1, 0.15) is 5.82 Å². The average Bonchev–Trinajstić information content (AvgIpc) is 3.10. The van der Waals surface area contributed by atoms with Gasteiger partial charge in [0.2, 0.25) is 10.0 Å². The Bertz CT molecular complexity index is 744. The van der Waals surface area contributed by atoms with Crippen molar-refractivity contribution in [3.8, 4) is 0 Å². The molecule has 21 heavy (non-hydrogen) atoms. The van der Waals surface area contributed by atoms with Gasteiger partial charge in [0, 0.05) is 24.0 Å². The molecular formula is C14H16ClN3O2S. The van der Waals surface area contributed by atoms with Crippen LogP contribution in [0.3, 0.4) is 0 Å². The molecular weight excluding hydrogens is 310 g/mol. The average molecular weight is 326 g/mol. The lowest BCUT2D eigenvalue weighted by molar-refractivity contribution is 0.385. The molecule has 2 heterocycles. The molecule has 0 saturated carbocycles. The van der Waals surface area contributed by atoms with Crippen LogP contribution in [0.25, 0.3) is 0 Å². The first-order valence-corrected chi connectivity index (χ1v) is 8.59. The summed E-state index contributed by atoms with van der Waals surface area (Å²) >= 11 is 5.96. The van der Waals surface area contributed by atoms with Crippen LogP contribution in [0.5, 0.6) is 0 Å². The predicted octanol–water partition coefficient (Wildman–Crippen LogP) is 2.90. The molecule has 0 amide bonds. The van der Waals surface area contributed by atoms with E-state index in [4.69, 9.17) is 11.6 Å². The van der Waals surface area contributed by atoms with Crippen LogP contribution in [0, 0.1) is 6.92 Å². The van der Waals surface area contributed by atoms with E-state index in [-0.39, 0.29) is 10.9 Å². The number of sulfonamides is 1. The summed E-state index contributed by atoms with van der Waals surface area (Å²) in [6.07, 6.45) is 4.95. The number of nitrogens with one attached hydrogen (secondary N) is 1. The van der Waals surface area contributed by atoms with Crippen LogP contribution < -0.4 is 0 Å². The number of aromatic amines is 1. The van der Waals surface area contributed by atoms with Crippen molar-refractivity contribution in [1.82, 2.24) is 14.3 Å². The van der Waals surface area contributed by atoms with Crippen molar-refractivity contribution < 1.29 is 8.42 Å². The maximum atomic E-state index is 12.9. The van der Waals surface area contributed by atoms with Gasteiger partial charge >= 0.3 is 0 Å². The third-order valence-electron chi connectivity index (χ3n) is 3.78. The molecule has 1 aromatic heterocycles. The molecule has 7 heteroatoms. The summed E-state index contributed by atoms with van der Waals surface area (Å²) in [7, 11) is -3.58. The topological polar surface area (TPSA) is 66.1 Å². The first-order valence-electron chi connectivity index (χ1n) is 6.77. The summed E-state index contributed by atoms with van der Waals surface area (Å²) in [4.78, 5) is 7.49. The van der Waals surface area contributed by atoms with E-state index in [1.807, 2.05) is 0 Å². The zero-order valence-electron chi connectivity index (χ0n) is 11.6. The Morgan fingerprint density at radius 1 is 1.43 bits per heavy atom. The molecule has 0 spiro atoms. The molecule has 0 bridgehead atoms. The van der Waals surface area contributed by atoms with E-state index in [1.54, 1.807) is 31.5 Å². The van der Waals surface area contributed by atoms with E-state index in [1.165, 1.54) is 10.4 Å². The second kappa shape index (κ2) is 5.44. The third kappa shape index (κ3) is 2.59. The summed E-state index contributed by atoms with van der Waals surface area (Å²) in [5, 5.41) is 0.424. The maximum Gasteiger partial charge on any atom is 0.244 e. The molecule has 2 aromatic rings. The highest BCUT2D eigenvalue weighted by Gasteiger charge is 2.38. The smallest absolute Gasteiger partial charge is 0.244 e. The summed E-state index contributed by atoms with van der Waals surface area (Å²) < 4.78 is 27.4. The Morgan fingerprint density at radius 2 is 2.24 bits per heavy atom. The van der Waals surface area contributed by atoms with E-state index in [0.717, 1.165) is 12.8 Å². The van der Waals surface area contributed by atoms with Gasteiger partial charge in [0.15, 0.2) is 0 Å². The largest absolute Gasteiger partial charge is 0.347 e. The number of halogens is 1. The molecule has 5 nitrogen and oxygen atoms in total. The Morgan fingerprint density at radius 3 is 2.95 bits per heavy atom. The van der Waals surface area contributed by atoms with Crippen molar-refractivity contribution in [2.24, 2.45) is 0 Å². The summed E-state index contributed by atoms with van der Waals surface area (Å²) in [5.41, 5.74) is 0.699. The molecule has 0 aliphatic carbocycles. The first kappa shape index (κ1) is 14.6. The zero-order valence-corrected chi connectivity index (χ0v) is 13.2. The van der Waals surface area contributed by atoms with E-state index >= 15 is 0 Å². The van der Waals surface area contributed by atoms with Crippen LogP contribution in [0.4, 0.5) is 0 Å². The summed E-state index contributed by atoms with van der Waals surface area (Å²) in [6, 6.07) is 4.71. The SMILES string of the molecule is Cc1ccc(Cl)cc1S(=O)(=O)N1CCCC1c1ncc[nH]1. The van der Waals surface area contributed by atoms with E-state index in [0.29, 0.717) is 23.0 Å². The van der Waals surface area contributed by atoms with Crippen LogP contribution in [0.2, 0.25) is 5.02 Å². The highest BCUT2D eigenvalue weighted by atomic mass is 35.5. The maximum absolute atomic E-state index is 12.9. The Balaban J connectivity index is 2.03.